The predicted octanol–water partition coefficient (Wildman–Crippen LogP) is 4.69. The first-order chi connectivity index (χ1) is 19.3. The summed E-state index contributed by atoms with van der Waals surface area (Å²) in [6.45, 7) is 4.82. The maximum atomic E-state index is 13.6. The summed E-state index contributed by atoms with van der Waals surface area (Å²) in [6.07, 6.45) is 5.42. The lowest BCUT2D eigenvalue weighted by molar-refractivity contribution is -0.137. The van der Waals surface area contributed by atoms with Crippen LogP contribution >= 0.6 is 0 Å². The molecule has 2 aliphatic heterocycles. The van der Waals surface area contributed by atoms with Gasteiger partial charge in [-0.3, -0.25) is 14.7 Å². The van der Waals surface area contributed by atoms with Crippen LogP contribution < -0.4 is 4.90 Å². The molecule has 39 heavy (non-hydrogen) atoms. The second-order valence-electron chi connectivity index (χ2n) is 10.4. The number of piperidine rings is 1. The molecule has 0 bridgehead atoms. The van der Waals surface area contributed by atoms with Crippen molar-refractivity contribution in [2.24, 2.45) is 5.92 Å². The van der Waals surface area contributed by atoms with Crippen molar-refractivity contribution in [2.75, 3.05) is 44.2 Å². The highest BCUT2D eigenvalue weighted by Gasteiger charge is 2.33. The van der Waals surface area contributed by atoms with E-state index in [0.29, 0.717) is 6.54 Å². The number of nitrogens with zero attached hydrogens (tertiary/aromatic N) is 6. The van der Waals surface area contributed by atoms with E-state index < -0.39 is 0 Å². The van der Waals surface area contributed by atoms with Gasteiger partial charge in [0.15, 0.2) is 5.82 Å². The third-order valence-electron chi connectivity index (χ3n) is 7.94. The molecule has 2 aromatic carbocycles. The van der Waals surface area contributed by atoms with Crippen LogP contribution in [0.25, 0.3) is 11.3 Å². The molecule has 1 unspecified atom stereocenters. The van der Waals surface area contributed by atoms with Crippen LogP contribution in [0.2, 0.25) is 0 Å². The van der Waals surface area contributed by atoms with Gasteiger partial charge in [0.05, 0.1) is 17.7 Å². The number of hydrogen-bond acceptors (Lipinski definition) is 6. The van der Waals surface area contributed by atoms with E-state index in [0.717, 1.165) is 62.6 Å². The number of pyridine rings is 1. The number of carbonyl (C=O) groups is 1. The fraction of sp³-hybridized carbons (Fsp3) is 0.312. The highest BCUT2D eigenvalue weighted by molar-refractivity contribution is 5.80. The third-order valence-corrected chi connectivity index (χ3v) is 7.94. The maximum Gasteiger partial charge on any atom is 0.227 e. The fourth-order valence-electron chi connectivity index (χ4n) is 5.90. The van der Waals surface area contributed by atoms with Crippen LogP contribution in [-0.4, -0.2) is 70.2 Å². The minimum atomic E-state index is -0.00832. The zero-order valence-corrected chi connectivity index (χ0v) is 22.1. The lowest BCUT2D eigenvalue weighted by Gasteiger charge is -2.42. The summed E-state index contributed by atoms with van der Waals surface area (Å²) in [4.78, 5) is 24.5. The van der Waals surface area contributed by atoms with Gasteiger partial charge in [0, 0.05) is 57.2 Å². The Hall–Kier alpha value is -4.10. The van der Waals surface area contributed by atoms with Crippen molar-refractivity contribution in [3.8, 4) is 11.3 Å². The molecule has 2 fully saturated rings. The standard InChI is InChI=1S/C32H34N6O/c39-32(28-12-7-19-38(24-28)30-14-13-29(34-35-30)25-15-17-33-18-16-25)37-22-20-36(21-23-37)31(26-8-3-1-4-9-26)27-10-5-2-6-11-27/h1-6,8-11,13-18,28,31H,7,12,19-24H2. The molecule has 198 valence electrons. The average Bonchev–Trinajstić information content (AvgIpc) is 3.03. The second-order valence-corrected chi connectivity index (χ2v) is 10.4. The van der Waals surface area contributed by atoms with Gasteiger partial charge in [0.2, 0.25) is 5.91 Å². The maximum absolute atomic E-state index is 13.6. The van der Waals surface area contributed by atoms with E-state index in [2.05, 4.69) is 90.5 Å². The van der Waals surface area contributed by atoms with Crippen molar-refractivity contribution in [3.05, 3.63) is 108 Å². The van der Waals surface area contributed by atoms with Gasteiger partial charge in [-0.25, -0.2) is 0 Å². The molecule has 4 aromatic rings. The zero-order chi connectivity index (χ0) is 26.4. The van der Waals surface area contributed by atoms with Gasteiger partial charge < -0.3 is 9.80 Å². The van der Waals surface area contributed by atoms with Crippen molar-refractivity contribution in [3.63, 3.8) is 0 Å². The Kier molecular flexibility index (Phi) is 7.59. The number of benzene rings is 2. The lowest BCUT2D eigenvalue weighted by Crippen LogP contribution is -2.53. The molecule has 7 heteroatoms. The Morgan fingerprint density at radius 1 is 0.744 bits per heavy atom. The first-order valence-corrected chi connectivity index (χ1v) is 13.9. The Morgan fingerprint density at radius 2 is 1.41 bits per heavy atom. The molecule has 0 radical (unpaired) electrons. The highest BCUT2D eigenvalue weighted by Crippen LogP contribution is 2.30. The molecule has 6 rings (SSSR count). The summed E-state index contributed by atoms with van der Waals surface area (Å²) in [5.74, 6) is 1.10. The number of carbonyl (C=O) groups excluding carboxylic acids is 1. The summed E-state index contributed by atoms with van der Waals surface area (Å²) in [5, 5.41) is 8.93. The molecule has 0 saturated carbocycles. The SMILES string of the molecule is O=C(C1CCCN(c2ccc(-c3ccncc3)nn2)C1)N1CCN(C(c2ccccc2)c2ccccc2)CC1. The molecular weight excluding hydrogens is 484 g/mol. The van der Waals surface area contributed by atoms with Crippen LogP contribution in [0.3, 0.4) is 0 Å². The van der Waals surface area contributed by atoms with Crippen molar-refractivity contribution in [1.29, 1.82) is 0 Å². The first-order valence-electron chi connectivity index (χ1n) is 13.9. The van der Waals surface area contributed by atoms with Crippen LogP contribution in [0.1, 0.15) is 30.0 Å². The molecule has 0 aliphatic carbocycles. The van der Waals surface area contributed by atoms with Gasteiger partial charge in [-0.2, -0.15) is 0 Å². The molecule has 0 N–H and O–H groups in total. The highest BCUT2D eigenvalue weighted by atomic mass is 16.2. The summed E-state index contributed by atoms with van der Waals surface area (Å²) >= 11 is 0. The fourth-order valence-corrected chi connectivity index (χ4v) is 5.90. The molecule has 2 aromatic heterocycles. The minimum absolute atomic E-state index is 0.00832. The van der Waals surface area contributed by atoms with E-state index in [1.807, 2.05) is 24.3 Å². The van der Waals surface area contributed by atoms with Crippen LogP contribution in [0.15, 0.2) is 97.3 Å². The summed E-state index contributed by atoms with van der Waals surface area (Å²) in [5.41, 5.74) is 4.41. The van der Waals surface area contributed by atoms with Crippen LogP contribution in [0.5, 0.6) is 0 Å². The minimum Gasteiger partial charge on any atom is -0.354 e. The van der Waals surface area contributed by atoms with Gasteiger partial charge >= 0.3 is 0 Å². The van der Waals surface area contributed by atoms with E-state index in [1.165, 1.54) is 11.1 Å². The topological polar surface area (TPSA) is 65.5 Å². The Bertz CT molecular complexity index is 1300. The number of amides is 1. The Balaban J connectivity index is 1.09. The van der Waals surface area contributed by atoms with E-state index in [-0.39, 0.29) is 17.9 Å². The number of hydrogen-bond donors (Lipinski definition) is 0. The van der Waals surface area contributed by atoms with E-state index >= 15 is 0 Å². The first kappa shape index (κ1) is 25.2. The molecule has 1 amide bonds. The molecule has 2 aliphatic rings. The quantitative estimate of drug-likeness (QED) is 0.369. The largest absolute Gasteiger partial charge is 0.354 e. The normalized spacial score (nSPS) is 18.3. The van der Waals surface area contributed by atoms with Crippen molar-refractivity contribution in [1.82, 2.24) is 25.0 Å². The van der Waals surface area contributed by atoms with Crippen molar-refractivity contribution >= 4 is 11.7 Å². The molecule has 4 heterocycles. The molecule has 1 atom stereocenters. The molecule has 7 nitrogen and oxygen atoms in total. The second kappa shape index (κ2) is 11.7. The number of rotatable bonds is 6. The third kappa shape index (κ3) is 5.68. The summed E-state index contributed by atoms with van der Waals surface area (Å²) in [6, 6.07) is 29.5. The predicted molar refractivity (Wildman–Crippen MR) is 153 cm³/mol. The van der Waals surface area contributed by atoms with E-state index in [9.17, 15) is 4.79 Å². The van der Waals surface area contributed by atoms with Crippen LogP contribution in [0, 0.1) is 5.92 Å². The van der Waals surface area contributed by atoms with Crippen LogP contribution in [0.4, 0.5) is 5.82 Å². The monoisotopic (exact) mass is 518 g/mol. The molecular formula is C32H34N6O. The number of aromatic nitrogens is 3. The number of anilines is 1. The van der Waals surface area contributed by atoms with Gasteiger partial charge in [-0.05, 0) is 48.2 Å². The zero-order valence-electron chi connectivity index (χ0n) is 22.1. The summed E-state index contributed by atoms with van der Waals surface area (Å²) in [7, 11) is 0. The van der Waals surface area contributed by atoms with Gasteiger partial charge in [-0.15, -0.1) is 10.2 Å². The lowest BCUT2D eigenvalue weighted by atomic mass is 9.95. The smallest absolute Gasteiger partial charge is 0.227 e. The van der Waals surface area contributed by atoms with Gasteiger partial charge in [0.1, 0.15) is 0 Å². The molecule has 0 spiro atoms. The average molecular weight is 519 g/mol. The number of piperazine rings is 1. The van der Waals surface area contributed by atoms with Crippen LogP contribution in [-0.2, 0) is 4.79 Å². The summed E-state index contributed by atoms with van der Waals surface area (Å²) < 4.78 is 0. The van der Waals surface area contributed by atoms with Gasteiger partial charge in [0.25, 0.3) is 0 Å². The van der Waals surface area contributed by atoms with E-state index in [4.69, 9.17) is 0 Å². The van der Waals surface area contributed by atoms with Gasteiger partial charge in [-0.1, -0.05) is 60.7 Å². The Labute approximate surface area is 230 Å². The molecule has 2 saturated heterocycles. The van der Waals surface area contributed by atoms with Crippen molar-refractivity contribution < 1.29 is 4.79 Å². The van der Waals surface area contributed by atoms with E-state index in [1.54, 1.807) is 12.4 Å². The van der Waals surface area contributed by atoms with Crippen molar-refractivity contribution in [2.45, 2.75) is 18.9 Å². The Morgan fingerprint density at radius 3 is 2.03 bits per heavy atom.